The number of fused-ring (bicyclic) bond motifs is 1. The zero-order valence-electron chi connectivity index (χ0n) is 11.2. The molecule has 0 saturated carbocycles. The van der Waals surface area contributed by atoms with Gasteiger partial charge in [-0.15, -0.1) is 0 Å². The van der Waals surface area contributed by atoms with Gasteiger partial charge in [-0.3, -0.25) is 4.90 Å². The van der Waals surface area contributed by atoms with Crippen LogP contribution in [0.5, 0.6) is 0 Å². The second-order valence-corrected chi connectivity index (χ2v) is 5.85. The molecule has 0 bridgehead atoms. The van der Waals surface area contributed by atoms with Crippen LogP contribution in [-0.4, -0.2) is 20.9 Å². The van der Waals surface area contributed by atoms with Crippen molar-refractivity contribution in [2.45, 2.75) is 32.5 Å². The molecule has 3 rings (SSSR count). The summed E-state index contributed by atoms with van der Waals surface area (Å²) in [7, 11) is 0. The second-order valence-electron chi connectivity index (χ2n) is 5.15. The average molecular weight is 308 g/mol. The van der Waals surface area contributed by atoms with E-state index in [1.807, 2.05) is 6.07 Å². The molecular weight excluding hydrogens is 293 g/mol. The maximum absolute atomic E-state index is 6.17. The van der Waals surface area contributed by atoms with Crippen LogP contribution in [0.25, 0.3) is 0 Å². The van der Waals surface area contributed by atoms with E-state index in [1.165, 1.54) is 5.56 Å². The normalized spacial score (nSPS) is 18.9. The lowest BCUT2D eigenvalue weighted by molar-refractivity contribution is 0.172. The molecule has 1 aromatic carbocycles. The van der Waals surface area contributed by atoms with Crippen molar-refractivity contribution in [1.82, 2.24) is 14.9 Å². The molecule has 0 aliphatic carbocycles. The molecule has 5 heteroatoms. The fourth-order valence-electron chi connectivity index (χ4n) is 2.61. The Morgan fingerprint density at radius 1 is 1.20 bits per heavy atom. The number of aromatic nitrogens is 2. The Kier molecular flexibility index (Phi) is 3.92. The van der Waals surface area contributed by atoms with E-state index in [9.17, 15) is 0 Å². The largest absolute Gasteiger partial charge is 0.290 e. The van der Waals surface area contributed by atoms with E-state index in [-0.39, 0.29) is 5.28 Å². The first-order chi connectivity index (χ1) is 9.63. The first-order valence-electron chi connectivity index (χ1n) is 6.62. The minimum Gasteiger partial charge on any atom is -0.290 e. The first-order valence-corrected chi connectivity index (χ1v) is 7.38. The van der Waals surface area contributed by atoms with Gasteiger partial charge in [0, 0.05) is 24.7 Å². The number of hydrogen-bond donors (Lipinski definition) is 0. The predicted octanol–water partition coefficient (Wildman–Crippen LogP) is 3.73. The van der Waals surface area contributed by atoms with Crippen LogP contribution in [0.15, 0.2) is 30.3 Å². The summed E-state index contributed by atoms with van der Waals surface area (Å²) in [5, 5.41) is 0.717. The van der Waals surface area contributed by atoms with Gasteiger partial charge in [0.25, 0.3) is 0 Å². The summed E-state index contributed by atoms with van der Waals surface area (Å²) >= 11 is 12.1. The molecule has 0 saturated heterocycles. The van der Waals surface area contributed by atoms with Gasteiger partial charge in [-0.2, -0.15) is 0 Å². The van der Waals surface area contributed by atoms with Crippen molar-refractivity contribution >= 4 is 23.2 Å². The minimum absolute atomic E-state index is 0.225. The SMILES string of the molecule is CC1Cc2c(Cl)nc(Cl)nc2CN1Cc1ccccc1. The van der Waals surface area contributed by atoms with Gasteiger partial charge in [-0.1, -0.05) is 41.9 Å². The number of halogens is 2. The molecule has 3 nitrogen and oxygen atoms in total. The topological polar surface area (TPSA) is 29.0 Å². The summed E-state index contributed by atoms with van der Waals surface area (Å²) in [6.45, 7) is 3.87. The molecule has 0 spiro atoms. The van der Waals surface area contributed by atoms with Gasteiger partial charge in [-0.25, -0.2) is 9.97 Å². The summed E-state index contributed by atoms with van der Waals surface area (Å²) in [6, 6.07) is 10.8. The van der Waals surface area contributed by atoms with Gasteiger partial charge in [0.15, 0.2) is 0 Å². The van der Waals surface area contributed by atoms with Crippen molar-refractivity contribution in [2.24, 2.45) is 0 Å². The van der Waals surface area contributed by atoms with Crippen molar-refractivity contribution in [3.63, 3.8) is 0 Å². The lowest BCUT2D eigenvalue weighted by Gasteiger charge is -2.34. The highest BCUT2D eigenvalue weighted by molar-refractivity contribution is 6.32. The van der Waals surface area contributed by atoms with Crippen LogP contribution >= 0.6 is 23.2 Å². The number of benzene rings is 1. The summed E-state index contributed by atoms with van der Waals surface area (Å²) in [6.07, 6.45) is 0.859. The number of nitrogens with zero attached hydrogens (tertiary/aromatic N) is 3. The smallest absolute Gasteiger partial charge is 0.224 e. The Hall–Kier alpha value is -1.16. The molecule has 0 N–H and O–H groups in total. The van der Waals surface area contributed by atoms with Gasteiger partial charge in [0.2, 0.25) is 5.28 Å². The molecule has 0 amide bonds. The third kappa shape index (κ3) is 2.80. The molecule has 104 valence electrons. The Balaban J connectivity index is 1.85. The molecule has 1 aliphatic heterocycles. The third-order valence-electron chi connectivity index (χ3n) is 3.72. The maximum Gasteiger partial charge on any atom is 0.224 e. The molecule has 1 aromatic heterocycles. The average Bonchev–Trinajstić information content (AvgIpc) is 2.42. The number of hydrogen-bond acceptors (Lipinski definition) is 3. The monoisotopic (exact) mass is 307 g/mol. The zero-order valence-corrected chi connectivity index (χ0v) is 12.7. The van der Waals surface area contributed by atoms with Crippen LogP contribution in [0.3, 0.4) is 0 Å². The van der Waals surface area contributed by atoms with Crippen molar-refractivity contribution in [2.75, 3.05) is 0 Å². The van der Waals surface area contributed by atoms with Gasteiger partial charge in [0.05, 0.1) is 5.69 Å². The standard InChI is InChI=1S/C15H15Cl2N3/c1-10-7-12-13(18-15(17)19-14(12)16)9-20(10)8-11-5-3-2-4-6-11/h2-6,10H,7-9H2,1H3. The van der Waals surface area contributed by atoms with E-state index < -0.39 is 0 Å². The van der Waals surface area contributed by atoms with Crippen LogP contribution in [0.2, 0.25) is 10.4 Å². The molecule has 2 aromatic rings. The van der Waals surface area contributed by atoms with Crippen molar-refractivity contribution in [1.29, 1.82) is 0 Å². The molecule has 1 aliphatic rings. The molecule has 0 fully saturated rings. The molecule has 0 radical (unpaired) electrons. The highest BCUT2D eigenvalue weighted by atomic mass is 35.5. The van der Waals surface area contributed by atoms with E-state index in [0.717, 1.165) is 30.8 Å². The van der Waals surface area contributed by atoms with Gasteiger partial charge in [-0.05, 0) is 30.5 Å². The van der Waals surface area contributed by atoms with Crippen LogP contribution in [0.4, 0.5) is 0 Å². The first kappa shape index (κ1) is 13.8. The summed E-state index contributed by atoms with van der Waals surface area (Å²) in [5.41, 5.74) is 3.28. The van der Waals surface area contributed by atoms with E-state index in [2.05, 4.69) is 46.1 Å². The fourth-order valence-corrected chi connectivity index (χ4v) is 3.10. The van der Waals surface area contributed by atoms with E-state index >= 15 is 0 Å². The Bertz CT molecular complexity index is 616. The Morgan fingerprint density at radius 2 is 1.95 bits per heavy atom. The van der Waals surface area contributed by atoms with E-state index in [1.54, 1.807) is 0 Å². The van der Waals surface area contributed by atoms with E-state index in [0.29, 0.717) is 11.2 Å². The summed E-state index contributed by atoms with van der Waals surface area (Å²) < 4.78 is 0. The van der Waals surface area contributed by atoms with Crippen molar-refractivity contribution in [3.8, 4) is 0 Å². The van der Waals surface area contributed by atoms with Crippen molar-refractivity contribution < 1.29 is 0 Å². The van der Waals surface area contributed by atoms with Crippen LogP contribution < -0.4 is 0 Å². The highest BCUT2D eigenvalue weighted by Crippen LogP contribution is 2.28. The summed E-state index contributed by atoms with van der Waals surface area (Å²) in [5.74, 6) is 0. The van der Waals surface area contributed by atoms with Crippen LogP contribution in [0, 0.1) is 0 Å². The molecule has 1 atom stereocenters. The molecular formula is C15H15Cl2N3. The fraction of sp³-hybridized carbons (Fsp3) is 0.333. The van der Waals surface area contributed by atoms with Crippen LogP contribution in [0.1, 0.15) is 23.7 Å². The lowest BCUT2D eigenvalue weighted by Crippen LogP contribution is -2.38. The predicted molar refractivity (Wildman–Crippen MR) is 80.9 cm³/mol. The summed E-state index contributed by atoms with van der Waals surface area (Å²) in [4.78, 5) is 10.7. The maximum atomic E-state index is 6.17. The molecule has 20 heavy (non-hydrogen) atoms. The highest BCUT2D eigenvalue weighted by Gasteiger charge is 2.26. The third-order valence-corrected chi connectivity index (χ3v) is 4.20. The quantitative estimate of drug-likeness (QED) is 0.625. The molecule has 2 heterocycles. The van der Waals surface area contributed by atoms with Crippen molar-refractivity contribution in [3.05, 3.63) is 57.6 Å². The lowest BCUT2D eigenvalue weighted by atomic mass is 9.99. The van der Waals surface area contributed by atoms with Crippen LogP contribution in [-0.2, 0) is 19.5 Å². The minimum atomic E-state index is 0.225. The Labute approximate surface area is 128 Å². The van der Waals surface area contributed by atoms with Gasteiger partial charge < -0.3 is 0 Å². The number of rotatable bonds is 2. The second kappa shape index (κ2) is 5.68. The zero-order chi connectivity index (χ0) is 14.1. The molecule has 1 unspecified atom stereocenters. The Morgan fingerprint density at radius 3 is 2.70 bits per heavy atom. The van der Waals surface area contributed by atoms with E-state index in [4.69, 9.17) is 23.2 Å². The van der Waals surface area contributed by atoms with Gasteiger partial charge in [0.1, 0.15) is 5.15 Å². The van der Waals surface area contributed by atoms with Gasteiger partial charge >= 0.3 is 0 Å².